The molecule has 7 heteroatoms. The molecule has 0 atom stereocenters. The summed E-state index contributed by atoms with van der Waals surface area (Å²) in [6, 6.07) is 10.1. The number of hydrogen-bond acceptors (Lipinski definition) is 4. The van der Waals surface area contributed by atoms with Gasteiger partial charge in [-0.25, -0.2) is 18.5 Å². The first kappa shape index (κ1) is 15.2. The van der Waals surface area contributed by atoms with Gasteiger partial charge in [-0.05, 0) is 40.6 Å². The van der Waals surface area contributed by atoms with Crippen LogP contribution in [0.1, 0.15) is 0 Å². The molecule has 0 aliphatic heterocycles. The van der Waals surface area contributed by atoms with Crippen LogP contribution >= 0.6 is 22.9 Å². The zero-order valence-electron chi connectivity index (χ0n) is 11.2. The number of nitrogens with zero attached hydrogens (tertiary/aromatic N) is 1. The topological polar surface area (TPSA) is 73.1 Å². The van der Waals surface area contributed by atoms with E-state index in [-0.39, 0.29) is 4.90 Å². The van der Waals surface area contributed by atoms with Crippen molar-refractivity contribution in [2.75, 3.05) is 0 Å². The Morgan fingerprint density at radius 2 is 1.55 bits per heavy atom. The predicted molar refractivity (Wildman–Crippen MR) is 89.4 cm³/mol. The number of pyridine rings is 1. The van der Waals surface area contributed by atoms with Crippen LogP contribution < -0.4 is 5.14 Å². The van der Waals surface area contributed by atoms with Crippen molar-refractivity contribution in [2.45, 2.75) is 4.90 Å². The van der Waals surface area contributed by atoms with Crippen molar-refractivity contribution < 1.29 is 8.42 Å². The monoisotopic (exact) mass is 350 g/mol. The van der Waals surface area contributed by atoms with E-state index in [2.05, 4.69) is 4.98 Å². The van der Waals surface area contributed by atoms with Gasteiger partial charge in [0.15, 0.2) is 0 Å². The van der Waals surface area contributed by atoms with Gasteiger partial charge in [-0.15, -0.1) is 0 Å². The summed E-state index contributed by atoms with van der Waals surface area (Å²) in [4.78, 5) is 4.19. The van der Waals surface area contributed by atoms with Crippen LogP contribution in [0, 0.1) is 0 Å². The van der Waals surface area contributed by atoms with E-state index in [9.17, 15) is 8.42 Å². The maximum atomic E-state index is 11.3. The van der Waals surface area contributed by atoms with Crippen molar-refractivity contribution in [1.82, 2.24) is 4.98 Å². The molecule has 0 saturated carbocycles. The molecule has 2 N–H and O–H groups in total. The Morgan fingerprint density at radius 1 is 0.955 bits per heavy atom. The molecule has 0 aliphatic rings. The molecule has 0 radical (unpaired) electrons. The Morgan fingerprint density at radius 3 is 2.09 bits per heavy atom. The van der Waals surface area contributed by atoms with Crippen LogP contribution in [0.2, 0.25) is 5.15 Å². The molecular weight excluding hydrogens is 340 g/mol. The van der Waals surface area contributed by atoms with E-state index in [1.54, 1.807) is 35.7 Å². The second-order valence-electron chi connectivity index (χ2n) is 4.64. The summed E-state index contributed by atoms with van der Waals surface area (Å²) in [5.41, 5.74) is 3.90. The molecule has 0 aliphatic carbocycles. The minimum absolute atomic E-state index is 0.0983. The van der Waals surface area contributed by atoms with Gasteiger partial charge >= 0.3 is 0 Å². The number of nitrogens with two attached hydrogens (primary N) is 1. The Labute approximate surface area is 137 Å². The van der Waals surface area contributed by atoms with Crippen LogP contribution in [0.5, 0.6) is 0 Å². The maximum absolute atomic E-state index is 11.3. The number of sulfonamides is 1. The van der Waals surface area contributed by atoms with Crippen LogP contribution in [0.4, 0.5) is 0 Å². The molecule has 2 aromatic heterocycles. The second-order valence-corrected chi connectivity index (χ2v) is 7.33. The molecule has 4 nitrogen and oxygen atoms in total. The lowest BCUT2D eigenvalue weighted by molar-refractivity contribution is 0.598. The fourth-order valence-electron chi connectivity index (χ4n) is 2.10. The van der Waals surface area contributed by atoms with Gasteiger partial charge < -0.3 is 0 Å². The number of thiophene rings is 1. The van der Waals surface area contributed by atoms with E-state index < -0.39 is 10.0 Å². The number of halogens is 1. The first-order valence-corrected chi connectivity index (χ1v) is 9.13. The lowest BCUT2D eigenvalue weighted by atomic mass is 10.0. The minimum Gasteiger partial charge on any atom is -0.244 e. The lowest BCUT2D eigenvalue weighted by Gasteiger charge is -2.06. The number of rotatable bonds is 3. The van der Waals surface area contributed by atoms with Crippen LogP contribution in [0.25, 0.3) is 22.3 Å². The fourth-order valence-corrected chi connectivity index (χ4v) is 3.60. The SMILES string of the molecule is NS(=O)(=O)c1ccc(-c2cscc2-c2ccc(Cl)nc2)cc1. The number of primary sulfonamides is 1. The fraction of sp³-hybridized carbons (Fsp3) is 0. The molecule has 3 rings (SSSR count). The molecular formula is C15H11ClN2O2S2. The summed E-state index contributed by atoms with van der Waals surface area (Å²) in [5.74, 6) is 0. The van der Waals surface area contributed by atoms with Crippen molar-refractivity contribution in [2.24, 2.45) is 5.14 Å². The standard InChI is InChI=1S/C15H11ClN2O2S2/c16-15-6-3-11(7-18-15)14-9-21-8-13(14)10-1-4-12(5-2-10)22(17,19)20/h1-9H,(H2,17,19,20). The van der Waals surface area contributed by atoms with Crippen molar-refractivity contribution in [3.8, 4) is 22.3 Å². The van der Waals surface area contributed by atoms with E-state index in [0.717, 1.165) is 22.3 Å². The predicted octanol–water partition coefficient (Wildman–Crippen LogP) is 3.78. The third kappa shape index (κ3) is 3.05. The van der Waals surface area contributed by atoms with Crippen molar-refractivity contribution in [3.05, 3.63) is 58.5 Å². The Hall–Kier alpha value is -1.73. The second kappa shape index (κ2) is 5.81. The zero-order valence-corrected chi connectivity index (χ0v) is 13.6. The average Bonchev–Trinajstić information content (AvgIpc) is 2.97. The van der Waals surface area contributed by atoms with Crippen molar-refractivity contribution >= 4 is 33.0 Å². The first-order valence-electron chi connectivity index (χ1n) is 6.26. The molecule has 0 spiro atoms. The molecule has 22 heavy (non-hydrogen) atoms. The summed E-state index contributed by atoms with van der Waals surface area (Å²) in [6.45, 7) is 0. The highest BCUT2D eigenvalue weighted by Gasteiger charge is 2.11. The van der Waals surface area contributed by atoms with Crippen LogP contribution in [0.15, 0.2) is 58.3 Å². The molecule has 0 fully saturated rings. The largest absolute Gasteiger partial charge is 0.244 e. The molecule has 2 heterocycles. The number of aromatic nitrogens is 1. The zero-order chi connectivity index (χ0) is 15.7. The van der Waals surface area contributed by atoms with Gasteiger partial charge in [0, 0.05) is 22.9 Å². The first-order chi connectivity index (χ1) is 10.4. The van der Waals surface area contributed by atoms with Crippen molar-refractivity contribution in [3.63, 3.8) is 0 Å². The minimum atomic E-state index is -3.68. The summed E-state index contributed by atoms with van der Waals surface area (Å²) in [7, 11) is -3.68. The van der Waals surface area contributed by atoms with Gasteiger partial charge in [0.25, 0.3) is 0 Å². The van der Waals surface area contributed by atoms with Crippen LogP contribution in [-0.2, 0) is 10.0 Å². The van der Waals surface area contributed by atoms with E-state index in [4.69, 9.17) is 16.7 Å². The maximum Gasteiger partial charge on any atom is 0.238 e. The molecule has 0 saturated heterocycles. The molecule has 1 aromatic carbocycles. The highest BCUT2D eigenvalue weighted by atomic mass is 35.5. The van der Waals surface area contributed by atoms with E-state index in [0.29, 0.717) is 5.15 Å². The highest BCUT2D eigenvalue weighted by molar-refractivity contribution is 7.89. The highest BCUT2D eigenvalue weighted by Crippen LogP contribution is 2.35. The van der Waals surface area contributed by atoms with E-state index in [1.165, 1.54) is 12.1 Å². The molecule has 0 amide bonds. The molecule has 0 bridgehead atoms. The van der Waals surface area contributed by atoms with Gasteiger partial charge in [-0.3, -0.25) is 0 Å². The van der Waals surface area contributed by atoms with Gasteiger partial charge in [-0.2, -0.15) is 11.3 Å². The van der Waals surface area contributed by atoms with Crippen LogP contribution in [0.3, 0.4) is 0 Å². The summed E-state index contributed by atoms with van der Waals surface area (Å²) in [6.07, 6.45) is 1.71. The molecule has 112 valence electrons. The summed E-state index contributed by atoms with van der Waals surface area (Å²) >= 11 is 7.38. The smallest absolute Gasteiger partial charge is 0.238 e. The number of benzene rings is 1. The van der Waals surface area contributed by atoms with Gasteiger partial charge in [-0.1, -0.05) is 23.7 Å². The Kier molecular flexibility index (Phi) is 4.01. The summed E-state index contributed by atoms with van der Waals surface area (Å²) < 4.78 is 22.6. The summed E-state index contributed by atoms with van der Waals surface area (Å²) in [5, 5.41) is 9.59. The third-order valence-corrected chi connectivity index (χ3v) is 5.09. The Balaban J connectivity index is 2.03. The van der Waals surface area contributed by atoms with Crippen molar-refractivity contribution in [1.29, 1.82) is 0 Å². The van der Waals surface area contributed by atoms with E-state index in [1.807, 2.05) is 16.8 Å². The average molecular weight is 351 g/mol. The quantitative estimate of drug-likeness (QED) is 0.730. The van der Waals surface area contributed by atoms with Gasteiger partial charge in [0.1, 0.15) is 5.15 Å². The van der Waals surface area contributed by atoms with Gasteiger partial charge in [0.2, 0.25) is 10.0 Å². The number of hydrogen-bond donors (Lipinski definition) is 1. The molecule has 3 aromatic rings. The normalized spacial score (nSPS) is 11.5. The third-order valence-electron chi connectivity index (χ3n) is 3.19. The van der Waals surface area contributed by atoms with Gasteiger partial charge in [0.05, 0.1) is 4.90 Å². The Bertz CT molecular complexity index is 901. The molecule has 0 unspecified atom stereocenters. The lowest BCUT2D eigenvalue weighted by Crippen LogP contribution is -2.11. The van der Waals surface area contributed by atoms with Crippen LogP contribution in [-0.4, -0.2) is 13.4 Å². The van der Waals surface area contributed by atoms with E-state index >= 15 is 0 Å².